The van der Waals surface area contributed by atoms with Crippen molar-refractivity contribution >= 4 is 45.4 Å². The van der Waals surface area contributed by atoms with Crippen LogP contribution in [-0.2, 0) is 9.59 Å². The van der Waals surface area contributed by atoms with Crippen molar-refractivity contribution in [2.75, 3.05) is 0 Å². The smallest absolute Gasteiger partial charge is 0.262 e. The van der Waals surface area contributed by atoms with Crippen molar-refractivity contribution in [2.45, 2.75) is 38.5 Å². The maximum absolute atomic E-state index is 14.0. The molecule has 3 aromatic rings. The topological polar surface area (TPSA) is 99.7 Å². The van der Waals surface area contributed by atoms with Crippen molar-refractivity contribution in [3.8, 4) is 0 Å². The molecule has 0 aliphatic carbocycles. The van der Waals surface area contributed by atoms with Gasteiger partial charge in [0, 0.05) is 16.5 Å². The fourth-order valence-corrected chi connectivity index (χ4v) is 4.71. The van der Waals surface area contributed by atoms with E-state index in [-0.39, 0.29) is 17.4 Å². The van der Waals surface area contributed by atoms with Gasteiger partial charge in [0.15, 0.2) is 0 Å². The van der Waals surface area contributed by atoms with Crippen LogP contribution in [-0.4, -0.2) is 36.0 Å². The second-order valence-electron chi connectivity index (χ2n) is 8.52. The van der Waals surface area contributed by atoms with Gasteiger partial charge >= 0.3 is 0 Å². The van der Waals surface area contributed by atoms with Gasteiger partial charge in [-0.1, -0.05) is 50.2 Å². The number of fused-ring (bicyclic) bond motifs is 1. The molecule has 0 spiro atoms. The zero-order valence-corrected chi connectivity index (χ0v) is 19.6. The molecule has 2 unspecified atom stereocenters. The molecule has 3 amide bonds. The summed E-state index contributed by atoms with van der Waals surface area (Å²) in [4.78, 5) is 43.2. The summed E-state index contributed by atoms with van der Waals surface area (Å²) in [6.45, 7) is 3.89. The maximum Gasteiger partial charge on any atom is 0.262 e. The van der Waals surface area contributed by atoms with Gasteiger partial charge in [0.1, 0.15) is 24.1 Å². The van der Waals surface area contributed by atoms with Crippen molar-refractivity contribution in [1.29, 1.82) is 0 Å². The third kappa shape index (κ3) is 5.31. The number of hydrogen-bond acceptors (Lipinski definition) is 5. The lowest BCUT2D eigenvalue weighted by atomic mass is 10.0. The van der Waals surface area contributed by atoms with Crippen LogP contribution in [0.5, 0.6) is 0 Å². The van der Waals surface area contributed by atoms with E-state index in [0.717, 1.165) is 10.1 Å². The highest BCUT2D eigenvalue weighted by atomic mass is 32.1. The summed E-state index contributed by atoms with van der Waals surface area (Å²) in [5.41, 5.74) is 0.241. The normalized spacial score (nSPS) is 18.5. The molecule has 7 nitrogen and oxygen atoms in total. The molecule has 4 rings (SSSR count). The number of carbonyl (C=O) groups is 3. The summed E-state index contributed by atoms with van der Waals surface area (Å²) >= 11 is 1.35. The lowest BCUT2D eigenvalue weighted by molar-refractivity contribution is -0.129. The predicted molar refractivity (Wildman–Crippen MR) is 130 cm³/mol. The molecule has 0 radical (unpaired) electrons. The third-order valence-corrected chi connectivity index (χ3v) is 6.54. The Bertz CT molecular complexity index is 1220. The van der Waals surface area contributed by atoms with E-state index in [9.17, 15) is 18.8 Å². The fourth-order valence-electron chi connectivity index (χ4n) is 3.74. The first-order valence-electron chi connectivity index (χ1n) is 11.0. The second-order valence-corrected chi connectivity index (χ2v) is 9.60. The van der Waals surface area contributed by atoms with Crippen molar-refractivity contribution in [3.63, 3.8) is 0 Å². The van der Waals surface area contributed by atoms with Gasteiger partial charge < -0.3 is 16.0 Å². The summed E-state index contributed by atoms with van der Waals surface area (Å²) in [7, 11) is 0. The molecule has 3 N–H and O–H groups in total. The van der Waals surface area contributed by atoms with Gasteiger partial charge in [-0.05, 0) is 35.9 Å². The average molecular weight is 481 g/mol. The predicted octanol–water partition coefficient (Wildman–Crippen LogP) is 3.57. The number of nitrogens with one attached hydrogen (secondary N) is 3. The molecule has 0 saturated heterocycles. The number of hydrogen-bond donors (Lipinski definition) is 3. The standard InChI is InChI=1S/C25H25FN4O3S/c1-14(2)11-18(28-25(33)21-12-15-7-3-6-10-20(15)34-21)23(31)29-19-13-27-22(30-24(19)32)16-8-4-5-9-17(16)26/h3-10,12-14,18-19,22H,11H2,1-2H3,(H,28,33)(H,29,31)(H,30,32)/t18-,19?,22?/m0/s1. The van der Waals surface area contributed by atoms with Gasteiger partial charge in [-0.15, -0.1) is 11.3 Å². The lowest BCUT2D eigenvalue weighted by Crippen LogP contribution is -2.56. The molecule has 0 fully saturated rings. The minimum absolute atomic E-state index is 0.123. The van der Waals surface area contributed by atoms with Gasteiger partial charge in [-0.25, -0.2) is 4.39 Å². The van der Waals surface area contributed by atoms with Gasteiger partial charge in [-0.3, -0.25) is 19.4 Å². The minimum Gasteiger partial charge on any atom is -0.340 e. The zero-order chi connectivity index (χ0) is 24.2. The van der Waals surface area contributed by atoms with Crippen molar-refractivity contribution < 1.29 is 18.8 Å². The summed E-state index contributed by atoms with van der Waals surface area (Å²) in [5.74, 6) is -1.69. The van der Waals surface area contributed by atoms with Crippen molar-refractivity contribution in [3.05, 3.63) is 70.9 Å². The second kappa shape index (κ2) is 10.1. The van der Waals surface area contributed by atoms with Crippen LogP contribution in [0.15, 0.2) is 59.6 Å². The molecular weight excluding hydrogens is 455 g/mol. The number of aliphatic imine (C=N–C) groups is 1. The number of halogens is 1. The van der Waals surface area contributed by atoms with E-state index in [1.54, 1.807) is 24.3 Å². The highest BCUT2D eigenvalue weighted by Crippen LogP contribution is 2.25. The number of rotatable bonds is 7. The van der Waals surface area contributed by atoms with E-state index < -0.39 is 35.9 Å². The van der Waals surface area contributed by atoms with E-state index in [4.69, 9.17) is 0 Å². The monoisotopic (exact) mass is 480 g/mol. The Balaban J connectivity index is 1.45. The minimum atomic E-state index is -1.02. The van der Waals surface area contributed by atoms with Gasteiger partial charge in [0.05, 0.1) is 4.88 Å². The zero-order valence-electron chi connectivity index (χ0n) is 18.7. The fraction of sp³-hybridized carbons (Fsp3) is 0.280. The molecule has 2 aromatic carbocycles. The number of thiophene rings is 1. The molecule has 9 heteroatoms. The van der Waals surface area contributed by atoms with Gasteiger partial charge in [0.25, 0.3) is 5.91 Å². The van der Waals surface area contributed by atoms with E-state index in [0.29, 0.717) is 11.3 Å². The van der Waals surface area contributed by atoms with Crippen LogP contribution in [0.25, 0.3) is 10.1 Å². The van der Waals surface area contributed by atoms with E-state index in [1.165, 1.54) is 23.6 Å². The molecule has 0 bridgehead atoms. The molecule has 0 saturated carbocycles. The third-order valence-electron chi connectivity index (χ3n) is 5.42. The Morgan fingerprint density at radius 2 is 1.88 bits per heavy atom. The highest BCUT2D eigenvalue weighted by molar-refractivity contribution is 7.20. The average Bonchev–Trinajstić information content (AvgIpc) is 3.24. The van der Waals surface area contributed by atoms with E-state index >= 15 is 0 Å². The van der Waals surface area contributed by atoms with Crippen LogP contribution in [0.1, 0.15) is 41.7 Å². The van der Waals surface area contributed by atoms with Gasteiger partial charge in [-0.2, -0.15) is 0 Å². The summed E-state index contributed by atoms with van der Waals surface area (Å²) < 4.78 is 15.0. The molecule has 3 atom stereocenters. The molecule has 34 heavy (non-hydrogen) atoms. The first kappa shape index (κ1) is 23.6. The molecule has 1 aliphatic rings. The van der Waals surface area contributed by atoms with Crippen LogP contribution in [0.3, 0.4) is 0 Å². The van der Waals surface area contributed by atoms with Crippen LogP contribution in [0, 0.1) is 11.7 Å². The molecule has 2 heterocycles. The van der Waals surface area contributed by atoms with Gasteiger partial charge in [0.2, 0.25) is 11.8 Å². The SMILES string of the molecule is CC(C)C[C@H](NC(=O)c1cc2ccccc2s1)C(=O)NC1C=NC(c2ccccc2F)NC1=O. The molecule has 1 aromatic heterocycles. The maximum atomic E-state index is 14.0. The Morgan fingerprint density at radius 3 is 2.59 bits per heavy atom. The number of carbonyl (C=O) groups excluding carboxylic acids is 3. The Morgan fingerprint density at radius 1 is 1.15 bits per heavy atom. The van der Waals surface area contributed by atoms with E-state index in [2.05, 4.69) is 20.9 Å². The summed E-state index contributed by atoms with van der Waals surface area (Å²) in [5, 5.41) is 9.02. The largest absolute Gasteiger partial charge is 0.340 e. The Hall–Kier alpha value is -3.59. The quantitative estimate of drug-likeness (QED) is 0.482. The number of nitrogens with zero attached hydrogens (tertiary/aromatic N) is 1. The van der Waals surface area contributed by atoms with Crippen LogP contribution in [0.2, 0.25) is 0 Å². The van der Waals surface area contributed by atoms with Crippen LogP contribution in [0.4, 0.5) is 4.39 Å². The highest BCUT2D eigenvalue weighted by Gasteiger charge is 2.31. The van der Waals surface area contributed by atoms with Crippen LogP contribution < -0.4 is 16.0 Å². The number of benzene rings is 2. The first-order chi connectivity index (χ1) is 16.3. The van der Waals surface area contributed by atoms with Crippen LogP contribution >= 0.6 is 11.3 Å². The van der Waals surface area contributed by atoms with Crippen molar-refractivity contribution in [2.24, 2.45) is 10.9 Å². The van der Waals surface area contributed by atoms with Crippen molar-refractivity contribution in [1.82, 2.24) is 16.0 Å². The summed E-state index contributed by atoms with van der Waals surface area (Å²) in [6.07, 6.45) is 0.834. The molecule has 176 valence electrons. The lowest BCUT2D eigenvalue weighted by Gasteiger charge is -2.26. The first-order valence-corrected chi connectivity index (χ1v) is 11.8. The summed E-state index contributed by atoms with van der Waals surface area (Å²) in [6, 6.07) is 13.7. The molecular formula is C25H25FN4O3S. The Kier molecular flexibility index (Phi) is 7.02. The van der Waals surface area contributed by atoms with E-state index in [1.807, 2.05) is 38.1 Å². The Labute approximate surface area is 200 Å². The molecule has 1 aliphatic heterocycles. The number of amides is 3.